The van der Waals surface area contributed by atoms with E-state index in [1.807, 2.05) is 42.3 Å². The monoisotopic (exact) mass is 535 g/mol. The largest absolute Gasteiger partial charge is 0.370 e. The Hall–Kier alpha value is -4.50. The van der Waals surface area contributed by atoms with Gasteiger partial charge in [-0.2, -0.15) is 4.98 Å². The summed E-state index contributed by atoms with van der Waals surface area (Å²) in [5.74, 6) is 1.23. The molecule has 196 valence electrons. The third-order valence-electron chi connectivity index (χ3n) is 7.14. The predicted molar refractivity (Wildman–Crippen MR) is 156 cm³/mol. The minimum absolute atomic E-state index is 0.102. The average Bonchev–Trinajstić information content (AvgIpc) is 3.75. The van der Waals surface area contributed by atoms with E-state index in [0.29, 0.717) is 18.1 Å². The summed E-state index contributed by atoms with van der Waals surface area (Å²) in [5, 5.41) is 14.9. The molecule has 8 nitrogen and oxygen atoms in total. The standard InChI is InChI=1S/C30H29N7OS/c1-36(30-33-26(19-39-30)22-11-9-21(10-12-22)20-6-3-2-4-7-20)24-15-13-23(14-16-24)28-34-27(38-35-28)18-25-8-5-17-37(25)29(31)32/h2-4,6-7,9-16,19,25H,5,8,17-18H2,1H3,(H3,31,32)/t25-/m0/s1. The second-order valence-electron chi connectivity index (χ2n) is 9.66. The van der Waals surface area contributed by atoms with Crippen LogP contribution in [0.2, 0.25) is 0 Å². The molecule has 0 amide bonds. The molecule has 1 fully saturated rings. The Bertz CT molecular complexity index is 1560. The first-order valence-corrected chi connectivity index (χ1v) is 13.8. The number of hydrogen-bond donors (Lipinski definition) is 2. The van der Waals surface area contributed by atoms with Crippen LogP contribution in [0.1, 0.15) is 18.7 Å². The van der Waals surface area contributed by atoms with Crippen molar-refractivity contribution >= 4 is 28.1 Å². The molecule has 0 saturated carbocycles. The molecule has 9 heteroatoms. The molecule has 1 saturated heterocycles. The average molecular weight is 536 g/mol. The molecule has 0 unspecified atom stereocenters. The molecular weight excluding hydrogens is 506 g/mol. The Morgan fingerprint density at radius 2 is 1.67 bits per heavy atom. The maximum atomic E-state index is 7.76. The number of benzene rings is 3. The minimum atomic E-state index is 0.102. The number of aromatic nitrogens is 3. The van der Waals surface area contributed by atoms with Crippen molar-refractivity contribution in [3.63, 3.8) is 0 Å². The molecule has 0 spiro atoms. The maximum Gasteiger partial charge on any atom is 0.229 e. The van der Waals surface area contributed by atoms with Crippen LogP contribution in [0, 0.1) is 5.41 Å². The van der Waals surface area contributed by atoms with Crippen LogP contribution in [0.15, 0.2) is 88.8 Å². The molecular formula is C30H29N7OS. The highest BCUT2D eigenvalue weighted by molar-refractivity contribution is 7.14. The molecule has 3 N–H and O–H groups in total. The minimum Gasteiger partial charge on any atom is -0.370 e. The Balaban J connectivity index is 1.12. The number of anilines is 2. The highest BCUT2D eigenvalue weighted by Gasteiger charge is 2.27. The molecule has 3 heterocycles. The molecule has 1 atom stereocenters. The van der Waals surface area contributed by atoms with E-state index in [4.69, 9.17) is 20.7 Å². The molecule has 3 aromatic carbocycles. The number of nitrogens with one attached hydrogen (secondary N) is 1. The van der Waals surface area contributed by atoms with E-state index in [0.717, 1.165) is 47.0 Å². The Morgan fingerprint density at radius 1 is 0.974 bits per heavy atom. The molecule has 0 bridgehead atoms. The van der Waals surface area contributed by atoms with E-state index in [2.05, 4.69) is 69.0 Å². The van der Waals surface area contributed by atoms with Gasteiger partial charge in [0.15, 0.2) is 11.1 Å². The van der Waals surface area contributed by atoms with Crippen LogP contribution in [-0.4, -0.2) is 45.6 Å². The zero-order valence-electron chi connectivity index (χ0n) is 21.6. The number of rotatable bonds is 7. The van der Waals surface area contributed by atoms with Crippen molar-refractivity contribution in [1.82, 2.24) is 20.0 Å². The van der Waals surface area contributed by atoms with Crippen molar-refractivity contribution in [3.05, 3.63) is 90.1 Å². The summed E-state index contributed by atoms with van der Waals surface area (Å²) in [6, 6.07) is 27.1. The van der Waals surface area contributed by atoms with E-state index in [1.54, 1.807) is 11.3 Å². The van der Waals surface area contributed by atoms with Crippen LogP contribution >= 0.6 is 11.3 Å². The lowest BCUT2D eigenvalue weighted by atomic mass is 10.0. The lowest BCUT2D eigenvalue weighted by Gasteiger charge is -2.23. The van der Waals surface area contributed by atoms with E-state index in [-0.39, 0.29) is 12.0 Å². The van der Waals surface area contributed by atoms with Crippen LogP contribution in [0.3, 0.4) is 0 Å². The fraction of sp³-hybridized carbons (Fsp3) is 0.200. The van der Waals surface area contributed by atoms with Gasteiger partial charge in [0.2, 0.25) is 11.7 Å². The molecule has 6 rings (SSSR count). The van der Waals surface area contributed by atoms with Gasteiger partial charge in [-0.05, 0) is 48.2 Å². The highest BCUT2D eigenvalue weighted by atomic mass is 32.1. The van der Waals surface area contributed by atoms with E-state index in [1.165, 1.54) is 11.1 Å². The number of likely N-dealkylation sites (tertiary alicyclic amines) is 1. The summed E-state index contributed by atoms with van der Waals surface area (Å²) < 4.78 is 5.52. The van der Waals surface area contributed by atoms with Gasteiger partial charge in [-0.3, -0.25) is 5.41 Å². The SMILES string of the molecule is CN(c1ccc(-c2noc(C[C@@H]3CCCN3C(=N)N)n2)cc1)c1nc(-c2ccc(-c3ccccc3)cc2)cs1. The van der Waals surface area contributed by atoms with Gasteiger partial charge < -0.3 is 20.1 Å². The summed E-state index contributed by atoms with van der Waals surface area (Å²) in [6.45, 7) is 0.803. The van der Waals surface area contributed by atoms with E-state index in [9.17, 15) is 0 Å². The van der Waals surface area contributed by atoms with Gasteiger partial charge >= 0.3 is 0 Å². The summed E-state index contributed by atoms with van der Waals surface area (Å²) in [4.78, 5) is 13.5. The quantitative estimate of drug-likeness (QED) is 0.189. The van der Waals surface area contributed by atoms with Crippen LogP contribution in [-0.2, 0) is 6.42 Å². The van der Waals surface area contributed by atoms with E-state index >= 15 is 0 Å². The predicted octanol–water partition coefficient (Wildman–Crippen LogP) is 6.20. The summed E-state index contributed by atoms with van der Waals surface area (Å²) in [7, 11) is 2.02. The van der Waals surface area contributed by atoms with Crippen molar-refractivity contribution in [2.75, 3.05) is 18.5 Å². The van der Waals surface area contributed by atoms with Crippen LogP contribution in [0.4, 0.5) is 10.8 Å². The van der Waals surface area contributed by atoms with Crippen molar-refractivity contribution < 1.29 is 4.52 Å². The first-order valence-electron chi connectivity index (χ1n) is 12.9. The molecule has 1 aliphatic heterocycles. The van der Waals surface area contributed by atoms with Crippen LogP contribution in [0.25, 0.3) is 33.8 Å². The van der Waals surface area contributed by atoms with Crippen LogP contribution < -0.4 is 10.6 Å². The topological polar surface area (TPSA) is 108 Å². The normalized spacial score (nSPS) is 15.0. The Kier molecular flexibility index (Phi) is 6.81. The number of hydrogen-bond acceptors (Lipinski definition) is 7. The lowest BCUT2D eigenvalue weighted by Crippen LogP contribution is -2.41. The van der Waals surface area contributed by atoms with Gasteiger partial charge in [-0.15, -0.1) is 11.3 Å². The van der Waals surface area contributed by atoms with Gasteiger partial charge in [-0.1, -0.05) is 59.8 Å². The second kappa shape index (κ2) is 10.7. The molecule has 39 heavy (non-hydrogen) atoms. The Labute approximate surface area is 231 Å². The van der Waals surface area contributed by atoms with Crippen molar-refractivity contribution in [2.45, 2.75) is 25.3 Å². The van der Waals surface area contributed by atoms with E-state index < -0.39 is 0 Å². The van der Waals surface area contributed by atoms with Gasteiger partial charge in [0.1, 0.15) is 0 Å². The Morgan fingerprint density at radius 3 is 2.41 bits per heavy atom. The molecule has 0 radical (unpaired) electrons. The number of thiazole rings is 1. The van der Waals surface area contributed by atoms with Crippen molar-refractivity contribution in [2.24, 2.45) is 5.73 Å². The molecule has 5 aromatic rings. The maximum absolute atomic E-state index is 7.76. The first-order chi connectivity index (χ1) is 19.0. The zero-order valence-corrected chi connectivity index (χ0v) is 22.4. The van der Waals surface area contributed by atoms with Crippen molar-refractivity contribution in [3.8, 4) is 33.8 Å². The first kappa shape index (κ1) is 24.8. The summed E-state index contributed by atoms with van der Waals surface area (Å²) >= 11 is 1.62. The fourth-order valence-electron chi connectivity index (χ4n) is 4.98. The third-order valence-corrected chi connectivity index (χ3v) is 8.06. The second-order valence-corrected chi connectivity index (χ2v) is 10.5. The summed E-state index contributed by atoms with van der Waals surface area (Å²) in [5.41, 5.74) is 12.1. The van der Waals surface area contributed by atoms with Gasteiger partial charge in [0.05, 0.1) is 5.69 Å². The zero-order chi connectivity index (χ0) is 26.8. The molecule has 0 aliphatic carbocycles. The number of nitrogens with zero attached hydrogens (tertiary/aromatic N) is 5. The molecule has 1 aliphatic rings. The van der Waals surface area contributed by atoms with Gasteiger partial charge in [-0.25, -0.2) is 4.98 Å². The smallest absolute Gasteiger partial charge is 0.229 e. The third kappa shape index (κ3) is 5.26. The van der Waals surface area contributed by atoms with Gasteiger partial charge in [0, 0.05) is 48.2 Å². The van der Waals surface area contributed by atoms with Crippen molar-refractivity contribution in [1.29, 1.82) is 5.41 Å². The lowest BCUT2D eigenvalue weighted by molar-refractivity contribution is 0.320. The van der Waals surface area contributed by atoms with Crippen LogP contribution in [0.5, 0.6) is 0 Å². The fourth-order valence-corrected chi connectivity index (χ4v) is 5.80. The highest BCUT2D eigenvalue weighted by Crippen LogP contribution is 2.33. The number of nitrogens with two attached hydrogens (primary N) is 1. The summed E-state index contributed by atoms with van der Waals surface area (Å²) in [6.07, 6.45) is 2.58. The molecule has 2 aromatic heterocycles. The number of guanidine groups is 1. The van der Waals surface area contributed by atoms with Gasteiger partial charge in [0.25, 0.3) is 0 Å².